The van der Waals surface area contributed by atoms with Gasteiger partial charge in [-0.05, 0) is 111 Å². The summed E-state index contributed by atoms with van der Waals surface area (Å²) in [6, 6.07) is 17.0. The van der Waals surface area contributed by atoms with Crippen molar-refractivity contribution in [2.24, 2.45) is 0 Å². The van der Waals surface area contributed by atoms with E-state index in [1.807, 2.05) is 29.0 Å². The van der Waals surface area contributed by atoms with Gasteiger partial charge in [-0.3, -0.25) is 4.98 Å². The number of urea groups is 1. The Morgan fingerprint density at radius 1 is 1.07 bits per heavy atom. The van der Waals surface area contributed by atoms with Crippen molar-refractivity contribution in [3.8, 4) is 5.75 Å². The molecule has 1 aliphatic rings. The van der Waals surface area contributed by atoms with Gasteiger partial charge in [-0.2, -0.15) is 0 Å². The summed E-state index contributed by atoms with van der Waals surface area (Å²) in [6.45, 7) is 7.36. The predicted octanol–water partition coefficient (Wildman–Crippen LogP) is 7.18. The molecule has 0 spiro atoms. The molecular formula is C33H37N3O4S. The summed E-state index contributed by atoms with van der Waals surface area (Å²) in [4.78, 5) is 16.6. The lowest BCUT2D eigenvalue weighted by Gasteiger charge is -2.22. The van der Waals surface area contributed by atoms with Crippen LogP contribution in [0.25, 0.3) is 0 Å². The average Bonchev–Trinajstić information content (AvgIpc) is 3.47. The Balaban J connectivity index is 1.55. The minimum Gasteiger partial charge on any atom is -0.490 e. The number of hydrogen-bond acceptors (Lipinski definition) is 5. The van der Waals surface area contributed by atoms with Gasteiger partial charge in [-0.1, -0.05) is 43.0 Å². The molecule has 1 fully saturated rings. The first-order valence-electron chi connectivity index (χ1n) is 13.8. The number of allylic oxidation sites excluding steroid dienone is 4. The molecule has 0 bridgehead atoms. The number of sulfonamides is 1. The highest BCUT2D eigenvalue weighted by molar-refractivity contribution is 7.94. The fourth-order valence-corrected chi connectivity index (χ4v) is 5.81. The molecule has 8 heteroatoms. The molecule has 2 N–H and O–H groups in total. The molecule has 1 heterocycles. The van der Waals surface area contributed by atoms with Crippen molar-refractivity contribution in [1.29, 1.82) is 0 Å². The van der Waals surface area contributed by atoms with Gasteiger partial charge in [0.25, 0.3) is 10.0 Å². The number of carbonyl (C=O) groups excluding carboxylic acids is 1. The third-order valence-electron chi connectivity index (χ3n) is 7.16. The van der Waals surface area contributed by atoms with Crippen molar-refractivity contribution >= 4 is 21.7 Å². The SMILES string of the molecule is C=C/C(=C\C=C/C)S(=O)(=O)NC(=O)Nc1ccc(C(Cc2ccncc2)c2ccc(C)c(OC3CCCC3)c2)cc1. The molecule has 2 amide bonds. The molecule has 1 atom stereocenters. The van der Waals surface area contributed by atoms with Crippen LogP contribution in [0.4, 0.5) is 10.5 Å². The Kier molecular flexibility index (Phi) is 10.1. The maximum atomic E-state index is 12.5. The third kappa shape index (κ3) is 8.17. The molecule has 3 aromatic rings. The maximum Gasteiger partial charge on any atom is 0.333 e. The van der Waals surface area contributed by atoms with E-state index in [4.69, 9.17) is 4.74 Å². The number of aryl methyl sites for hydroxylation is 1. The van der Waals surface area contributed by atoms with Gasteiger partial charge < -0.3 is 10.1 Å². The molecular weight excluding hydrogens is 534 g/mol. The summed E-state index contributed by atoms with van der Waals surface area (Å²) in [7, 11) is -4.06. The van der Waals surface area contributed by atoms with E-state index in [0.29, 0.717) is 5.69 Å². The van der Waals surface area contributed by atoms with Crippen molar-refractivity contribution in [1.82, 2.24) is 9.71 Å². The number of nitrogens with zero attached hydrogens (tertiary/aromatic N) is 1. The highest BCUT2D eigenvalue weighted by atomic mass is 32.2. The molecule has 2 aromatic carbocycles. The van der Waals surface area contributed by atoms with Crippen molar-refractivity contribution in [2.45, 2.75) is 58.0 Å². The van der Waals surface area contributed by atoms with Crippen LogP contribution in [-0.4, -0.2) is 25.5 Å². The zero-order valence-electron chi connectivity index (χ0n) is 23.5. The number of aromatic nitrogens is 1. The van der Waals surface area contributed by atoms with Gasteiger partial charge in [0, 0.05) is 24.0 Å². The highest BCUT2D eigenvalue weighted by Gasteiger charge is 2.21. The first-order chi connectivity index (χ1) is 19.8. The molecule has 4 rings (SSSR count). The Hall–Kier alpha value is -4.17. The summed E-state index contributed by atoms with van der Waals surface area (Å²) in [5, 5.41) is 2.61. The fraction of sp³-hybridized carbons (Fsp3) is 0.273. The Labute approximate surface area is 243 Å². The van der Waals surface area contributed by atoms with Crippen molar-refractivity contribution in [2.75, 3.05) is 5.32 Å². The number of nitrogens with one attached hydrogen (secondary N) is 2. The monoisotopic (exact) mass is 571 g/mol. The zero-order chi connectivity index (χ0) is 29.2. The van der Waals surface area contributed by atoms with E-state index in [1.165, 1.54) is 25.0 Å². The molecule has 41 heavy (non-hydrogen) atoms. The van der Waals surface area contributed by atoms with Crippen molar-refractivity contribution in [3.63, 3.8) is 0 Å². The standard InChI is InChI=1S/C33H37N3O4S/c1-4-6-11-30(5-2)41(38,39)36-33(37)35-28-16-14-26(15-17-28)31(22-25-18-20-34-21-19-25)27-13-12-24(3)32(23-27)40-29-9-7-8-10-29/h4-6,11-21,23,29,31H,2,7-10,22H2,1,3H3,(H2,35,36,37)/b6-4-,30-11+. The number of amides is 2. The zero-order valence-corrected chi connectivity index (χ0v) is 24.4. The topological polar surface area (TPSA) is 97.4 Å². The Morgan fingerprint density at radius 3 is 2.41 bits per heavy atom. The lowest BCUT2D eigenvalue weighted by molar-refractivity contribution is 0.208. The summed E-state index contributed by atoms with van der Waals surface area (Å²) >= 11 is 0. The van der Waals surface area contributed by atoms with Crippen LogP contribution >= 0.6 is 0 Å². The van der Waals surface area contributed by atoms with Gasteiger partial charge in [0.15, 0.2) is 0 Å². The normalized spacial score (nSPS) is 15.0. The molecule has 0 radical (unpaired) electrons. The summed E-state index contributed by atoms with van der Waals surface area (Å²) in [5.41, 5.74) is 4.92. The van der Waals surface area contributed by atoms with E-state index < -0.39 is 16.1 Å². The number of ether oxygens (including phenoxy) is 1. The molecule has 1 unspecified atom stereocenters. The summed E-state index contributed by atoms with van der Waals surface area (Å²) < 4.78 is 33.5. The molecule has 0 saturated heterocycles. The van der Waals surface area contributed by atoms with Crippen LogP contribution in [0.3, 0.4) is 0 Å². The first kappa shape index (κ1) is 29.8. The Morgan fingerprint density at radius 2 is 1.76 bits per heavy atom. The fourth-order valence-electron chi connectivity index (χ4n) is 4.92. The summed E-state index contributed by atoms with van der Waals surface area (Å²) in [6.07, 6.45) is 15.0. The van der Waals surface area contributed by atoms with E-state index >= 15 is 0 Å². The molecule has 1 aromatic heterocycles. The van der Waals surface area contributed by atoms with Gasteiger partial charge >= 0.3 is 6.03 Å². The van der Waals surface area contributed by atoms with E-state index in [-0.39, 0.29) is 16.9 Å². The number of carbonyl (C=O) groups is 1. The number of pyridine rings is 1. The Bertz CT molecular complexity index is 1510. The van der Waals surface area contributed by atoms with Crippen LogP contribution in [0.2, 0.25) is 0 Å². The lowest BCUT2D eigenvalue weighted by Crippen LogP contribution is -2.34. The van der Waals surface area contributed by atoms with Crippen molar-refractivity contribution < 1.29 is 17.9 Å². The second-order valence-electron chi connectivity index (χ2n) is 10.1. The van der Waals surface area contributed by atoms with E-state index in [9.17, 15) is 13.2 Å². The number of benzene rings is 2. The minimum atomic E-state index is -4.06. The quantitative estimate of drug-likeness (QED) is 0.238. The number of anilines is 1. The minimum absolute atomic E-state index is 0.0269. The van der Waals surface area contributed by atoms with Gasteiger partial charge in [-0.25, -0.2) is 17.9 Å². The first-order valence-corrected chi connectivity index (χ1v) is 15.3. The van der Waals surface area contributed by atoms with Crippen LogP contribution in [0, 0.1) is 6.92 Å². The van der Waals surface area contributed by atoms with Gasteiger partial charge in [0.2, 0.25) is 0 Å². The second-order valence-corrected chi connectivity index (χ2v) is 11.8. The van der Waals surface area contributed by atoms with E-state index in [0.717, 1.165) is 47.3 Å². The largest absolute Gasteiger partial charge is 0.490 e. The summed E-state index contributed by atoms with van der Waals surface area (Å²) in [5.74, 6) is 0.951. The molecule has 214 valence electrons. The van der Waals surface area contributed by atoms with Crippen molar-refractivity contribution in [3.05, 3.63) is 125 Å². The number of rotatable bonds is 11. The van der Waals surface area contributed by atoms with Gasteiger partial charge in [0.05, 0.1) is 11.0 Å². The van der Waals surface area contributed by atoms with Crippen LogP contribution < -0.4 is 14.8 Å². The highest BCUT2D eigenvalue weighted by Crippen LogP contribution is 2.34. The second kappa shape index (κ2) is 13.9. The average molecular weight is 572 g/mol. The molecule has 1 aliphatic carbocycles. The molecule has 0 aliphatic heterocycles. The van der Waals surface area contributed by atoms with Crippen LogP contribution in [0.1, 0.15) is 60.8 Å². The van der Waals surface area contributed by atoms with Crippen LogP contribution in [0.15, 0.2) is 103 Å². The smallest absolute Gasteiger partial charge is 0.333 e. The lowest BCUT2D eigenvalue weighted by atomic mass is 9.85. The van der Waals surface area contributed by atoms with Crippen LogP contribution in [-0.2, 0) is 16.4 Å². The van der Waals surface area contributed by atoms with Crippen LogP contribution in [0.5, 0.6) is 5.75 Å². The maximum absolute atomic E-state index is 12.5. The van der Waals surface area contributed by atoms with Gasteiger partial charge in [0.1, 0.15) is 5.75 Å². The molecule has 7 nitrogen and oxygen atoms in total. The number of hydrogen-bond donors (Lipinski definition) is 2. The molecule has 1 saturated carbocycles. The van der Waals surface area contributed by atoms with E-state index in [2.05, 4.69) is 42.0 Å². The van der Waals surface area contributed by atoms with E-state index in [1.54, 1.807) is 43.6 Å². The van der Waals surface area contributed by atoms with Gasteiger partial charge in [-0.15, -0.1) is 0 Å². The third-order valence-corrected chi connectivity index (χ3v) is 8.54. The predicted molar refractivity (Wildman–Crippen MR) is 164 cm³/mol.